The van der Waals surface area contributed by atoms with Crippen LogP contribution in [0.1, 0.15) is 52.9 Å². The van der Waals surface area contributed by atoms with Crippen LogP contribution in [0.2, 0.25) is 0 Å². The summed E-state index contributed by atoms with van der Waals surface area (Å²) in [5.41, 5.74) is 5.93. The normalized spacial score (nSPS) is 19.5. The van der Waals surface area contributed by atoms with E-state index in [-0.39, 0.29) is 16.9 Å². The lowest BCUT2D eigenvalue weighted by Crippen LogP contribution is -2.48. The van der Waals surface area contributed by atoms with Crippen molar-refractivity contribution < 1.29 is 9.53 Å². The summed E-state index contributed by atoms with van der Waals surface area (Å²) in [6.07, 6.45) is 4.35. The molecule has 0 aromatic carbocycles. The van der Waals surface area contributed by atoms with Crippen LogP contribution in [-0.4, -0.2) is 18.1 Å². The Balaban J connectivity index is 2.14. The lowest BCUT2D eigenvalue weighted by Gasteiger charge is -2.37. The van der Waals surface area contributed by atoms with Gasteiger partial charge in [0.15, 0.2) is 0 Å². The molecule has 0 spiro atoms. The van der Waals surface area contributed by atoms with Crippen LogP contribution in [0.4, 0.5) is 0 Å². The molecule has 0 atom stereocenters. The number of rotatable bonds is 4. The highest BCUT2D eigenvalue weighted by atomic mass is 16.5. The van der Waals surface area contributed by atoms with Gasteiger partial charge in [0.25, 0.3) is 0 Å². The molecule has 0 radical (unpaired) electrons. The SMILES string of the molecule is CC(C)(C)CCOC(=O)CC1(N)CCC1. The second-order valence-corrected chi connectivity index (χ2v) is 5.92. The van der Waals surface area contributed by atoms with E-state index in [1.165, 1.54) is 0 Å². The van der Waals surface area contributed by atoms with Gasteiger partial charge in [0.2, 0.25) is 0 Å². The van der Waals surface area contributed by atoms with E-state index in [9.17, 15) is 4.79 Å². The molecule has 0 amide bonds. The van der Waals surface area contributed by atoms with E-state index in [2.05, 4.69) is 20.8 Å². The largest absolute Gasteiger partial charge is 0.466 e. The number of carbonyl (C=O) groups is 1. The Morgan fingerprint density at radius 1 is 1.40 bits per heavy atom. The van der Waals surface area contributed by atoms with Crippen molar-refractivity contribution in [2.45, 2.75) is 58.4 Å². The second-order valence-electron chi connectivity index (χ2n) is 5.92. The summed E-state index contributed by atoms with van der Waals surface area (Å²) in [7, 11) is 0. The van der Waals surface area contributed by atoms with Crippen molar-refractivity contribution in [2.24, 2.45) is 11.1 Å². The van der Waals surface area contributed by atoms with E-state index in [0.29, 0.717) is 13.0 Å². The van der Waals surface area contributed by atoms with Gasteiger partial charge in [-0.15, -0.1) is 0 Å². The summed E-state index contributed by atoms with van der Waals surface area (Å²) in [5.74, 6) is -0.138. The predicted molar refractivity (Wildman–Crippen MR) is 60.4 cm³/mol. The molecule has 0 aromatic rings. The Kier molecular flexibility index (Phi) is 3.77. The molecule has 0 bridgehead atoms. The maximum atomic E-state index is 11.4. The Morgan fingerprint density at radius 2 is 2.00 bits per heavy atom. The monoisotopic (exact) mass is 213 g/mol. The summed E-state index contributed by atoms with van der Waals surface area (Å²) in [5, 5.41) is 0. The lowest BCUT2D eigenvalue weighted by molar-refractivity contribution is -0.146. The molecule has 1 aliphatic carbocycles. The van der Waals surface area contributed by atoms with Gasteiger partial charge in [-0.05, 0) is 31.1 Å². The zero-order chi connectivity index (χ0) is 11.5. The molecule has 2 N–H and O–H groups in total. The first kappa shape index (κ1) is 12.5. The van der Waals surface area contributed by atoms with Crippen molar-refractivity contribution in [3.63, 3.8) is 0 Å². The smallest absolute Gasteiger partial charge is 0.307 e. The average molecular weight is 213 g/mol. The molecule has 1 fully saturated rings. The molecule has 3 nitrogen and oxygen atoms in total. The van der Waals surface area contributed by atoms with Gasteiger partial charge in [-0.25, -0.2) is 0 Å². The zero-order valence-corrected chi connectivity index (χ0v) is 10.1. The molecule has 1 rings (SSSR count). The third-order valence-electron chi connectivity index (χ3n) is 2.96. The molecule has 88 valence electrons. The summed E-state index contributed by atoms with van der Waals surface area (Å²) < 4.78 is 5.17. The predicted octanol–water partition coefficient (Wildman–Crippen LogP) is 2.24. The quantitative estimate of drug-likeness (QED) is 0.729. The molecule has 1 saturated carbocycles. The standard InChI is InChI=1S/C12H23NO2/c1-11(2,3)7-8-15-10(14)9-12(13)5-4-6-12/h4-9,13H2,1-3H3. The van der Waals surface area contributed by atoms with Crippen LogP contribution in [0, 0.1) is 5.41 Å². The molecular formula is C12H23NO2. The van der Waals surface area contributed by atoms with E-state index in [1.54, 1.807) is 0 Å². The lowest BCUT2D eigenvalue weighted by atomic mass is 9.75. The van der Waals surface area contributed by atoms with E-state index in [1.807, 2.05) is 0 Å². The van der Waals surface area contributed by atoms with E-state index >= 15 is 0 Å². The van der Waals surface area contributed by atoms with Crippen molar-refractivity contribution in [3.8, 4) is 0 Å². The molecule has 3 heteroatoms. The Bertz CT molecular complexity index is 226. The molecule has 0 saturated heterocycles. The summed E-state index contributed by atoms with van der Waals surface area (Å²) >= 11 is 0. The number of esters is 1. The molecular weight excluding hydrogens is 190 g/mol. The van der Waals surface area contributed by atoms with Gasteiger partial charge in [0.1, 0.15) is 0 Å². The van der Waals surface area contributed by atoms with Gasteiger partial charge in [0.05, 0.1) is 13.0 Å². The van der Waals surface area contributed by atoms with Crippen LogP contribution < -0.4 is 5.73 Å². The van der Waals surface area contributed by atoms with E-state index < -0.39 is 0 Å². The topological polar surface area (TPSA) is 52.3 Å². The number of hydrogen-bond donors (Lipinski definition) is 1. The van der Waals surface area contributed by atoms with Crippen LogP contribution in [-0.2, 0) is 9.53 Å². The van der Waals surface area contributed by atoms with Crippen LogP contribution in [0.15, 0.2) is 0 Å². The maximum Gasteiger partial charge on any atom is 0.307 e. The summed E-state index contributed by atoms with van der Waals surface area (Å²) in [6.45, 7) is 6.92. The van der Waals surface area contributed by atoms with Crippen LogP contribution in [0.5, 0.6) is 0 Å². The highest BCUT2D eigenvalue weighted by molar-refractivity contribution is 5.71. The first-order chi connectivity index (χ1) is 6.81. The van der Waals surface area contributed by atoms with Crippen LogP contribution in [0.3, 0.4) is 0 Å². The number of ether oxygens (including phenoxy) is 1. The van der Waals surface area contributed by atoms with Gasteiger partial charge < -0.3 is 10.5 Å². The van der Waals surface area contributed by atoms with Crippen molar-refractivity contribution in [2.75, 3.05) is 6.61 Å². The number of hydrogen-bond acceptors (Lipinski definition) is 3. The molecule has 0 unspecified atom stereocenters. The Hall–Kier alpha value is -0.570. The van der Waals surface area contributed by atoms with Gasteiger partial charge in [0, 0.05) is 5.54 Å². The third-order valence-corrected chi connectivity index (χ3v) is 2.96. The molecule has 0 heterocycles. The minimum absolute atomic E-state index is 0.138. The average Bonchev–Trinajstić information content (AvgIpc) is 1.98. The van der Waals surface area contributed by atoms with Gasteiger partial charge in [-0.1, -0.05) is 20.8 Å². The Labute approximate surface area is 92.4 Å². The van der Waals surface area contributed by atoms with E-state index in [0.717, 1.165) is 25.7 Å². The molecule has 0 aromatic heterocycles. The van der Waals surface area contributed by atoms with Crippen LogP contribution >= 0.6 is 0 Å². The number of carbonyl (C=O) groups excluding carboxylic acids is 1. The first-order valence-corrected chi connectivity index (χ1v) is 5.75. The van der Waals surface area contributed by atoms with Crippen LogP contribution in [0.25, 0.3) is 0 Å². The number of nitrogens with two attached hydrogens (primary N) is 1. The van der Waals surface area contributed by atoms with Crippen molar-refractivity contribution in [1.29, 1.82) is 0 Å². The van der Waals surface area contributed by atoms with Crippen molar-refractivity contribution in [1.82, 2.24) is 0 Å². The van der Waals surface area contributed by atoms with Gasteiger partial charge >= 0.3 is 5.97 Å². The minimum atomic E-state index is -0.251. The fourth-order valence-electron chi connectivity index (χ4n) is 1.62. The fraction of sp³-hybridized carbons (Fsp3) is 0.917. The summed E-state index contributed by atoms with van der Waals surface area (Å²) in [6, 6.07) is 0. The molecule has 0 aliphatic heterocycles. The van der Waals surface area contributed by atoms with Crippen molar-refractivity contribution in [3.05, 3.63) is 0 Å². The first-order valence-electron chi connectivity index (χ1n) is 5.75. The minimum Gasteiger partial charge on any atom is -0.466 e. The molecule has 1 aliphatic rings. The van der Waals surface area contributed by atoms with Crippen molar-refractivity contribution >= 4 is 5.97 Å². The highest BCUT2D eigenvalue weighted by Gasteiger charge is 2.35. The van der Waals surface area contributed by atoms with Gasteiger partial charge in [-0.3, -0.25) is 4.79 Å². The maximum absolute atomic E-state index is 11.4. The highest BCUT2D eigenvalue weighted by Crippen LogP contribution is 2.32. The van der Waals surface area contributed by atoms with Gasteiger partial charge in [-0.2, -0.15) is 0 Å². The fourth-order valence-corrected chi connectivity index (χ4v) is 1.62. The summed E-state index contributed by atoms with van der Waals surface area (Å²) in [4.78, 5) is 11.4. The zero-order valence-electron chi connectivity index (χ0n) is 10.1. The Morgan fingerprint density at radius 3 is 2.40 bits per heavy atom. The second kappa shape index (κ2) is 4.52. The van der Waals surface area contributed by atoms with E-state index in [4.69, 9.17) is 10.5 Å². The molecule has 15 heavy (non-hydrogen) atoms. The third kappa shape index (κ3) is 4.65.